The average molecular weight is 287 g/mol. The van der Waals surface area contributed by atoms with Gasteiger partial charge in [0.2, 0.25) is 11.9 Å². The van der Waals surface area contributed by atoms with Gasteiger partial charge in [0.05, 0.1) is 13.2 Å². The van der Waals surface area contributed by atoms with Gasteiger partial charge in [0.25, 0.3) is 0 Å². The topological polar surface area (TPSA) is 86.4 Å². The number of anilines is 2. The Bertz CT molecular complexity index is 611. The Morgan fingerprint density at radius 2 is 1.81 bits per heavy atom. The molecule has 0 radical (unpaired) electrons. The highest BCUT2D eigenvalue weighted by atomic mass is 16.5. The molecule has 0 aliphatic carbocycles. The zero-order valence-corrected chi connectivity index (χ0v) is 11.8. The van der Waals surface area contributed by atoms with Crippen LogP contribution in [0.4, 0.5) is 11.9 Å². The van der Waals surface area contributed by atoms with E-state index in [2.05, 4.69) is 15.0 Å². The second-order valence-corrected chi connectivity index (χ2v) is 4.79. The molecule has 0 atom stereocenters. The fourth-order valence-corrected chi connectivity index (χ4v) is 2.02. The first-order chi connectivity index (χ1) is 10.2. The van der Waals surface area contributed by atoms with E-state index < -0.39 is 0 Å². The number of nitrogen functional groups attached to an aromatic ring is 1. The van der Waals surface area contributed by atoms with E-state index in [1.807, 2.05) is 36.1 Å². The molecule has 1 aromatic carbocycles. The van der Waals surface area contributed by atoms with Crippen LogP contribution >= 0.6 is 0 Å². The molecule has 7 nitrogen and oxygen atoms in total. The first-order valence-corrected chi connectivity index (χ1v) is 6.79. The summed E-state index contributed by atoms with van der Waals surface area (Å²) in [6.45, 7) is 4.78. The van der Waals surface area contributed by atoms with Crippen LogP contribution in [0.25, 0.3) is 0 Å². The van der Waals surface area contributed by atoms with E-state index in [9.17, 15) is 0 Å². The van der Waals surface area contributed by atoms with E-state index in [0.717, 1.165) is 18.7 Å². The van der Waals surface area contributed by atoms with Crippen LogP contribution in [0.3, 0.4) is 0 Å². The second kappa shape index (κ2) is 5.92. The summed E-state index contributed by atoms with van der Waals surface area (Å²) in [6, 6.07) is 7.85. The largest absolute Gasteiger partial charge is 0.424 e. The summed E-state index contributed by atoms with van der Waals surface area (Å²) >= 11 is 0. The zero-order chi connectivity index (χ0) is 14.7. The van der Waals surface area contributed by atoms with E-state index in [1.54, 1.807) is 0 Å². The van der Waals surface area contributed by atoms with Gasteiger partial charge in [-0.3, -0.25) is 0 Å². The van der Waals surface area contributed by atoms with E-state index in [0.29, 0.717) is 24.9 Å². The maximum atomic E-state index is 5.74. The molecule has 110 valence electrons. The Balaban J connectivity index is 1.81. The molecule has 21 heavy (non-hydrogen) atoms. The van der Waals surface area contributed by atoms with Gasteiger partial charge in [0.1, 0.15) is 5.75 Å². The van der Waals surface area contributed by atoms with Crippen molar-refractivity contribution >= 4 is 11.9 Å². The van der Waals surface area contributed by atoms with Crippen molar-refractivity contribution in [2.45, 2.75) is 6.92 Å². The highest BCUT2D eigenvalue weighted by molar-refractivity contribution is 5.37. The summed E-state index contributed by atoms with van der Waals surface area (Å²) in [4.78, 5) is 14.5. The molecule has 1 aromatic heterocycles. The fraction of sp³-hybridized carbons (Fsp3) is 0.357. The van der Waals surface area contributed by atoms with Crippen molar-refractivity contribution in [3.63, 3.8) is 0 Å². The molecular weight excluding hydrogens is 270 g/mol. The number of aromatic nitrogens is 3. The average Bonchev–Trinajstić information content (AvgIpc) is 2.50. The van der Waals surface area contributed by atoms with Crippen LogP contribution in [0, 0.1) is 6.92 Å². The highest BCUT2D eigenvalue weighted by Crippen LogP contribution is 2.21. The number of rotatable bonds is 3. The van der Waals surface area contributed by atoms with E-state index in [1.165, 1.54) is 0 Å². The summed E-state index contributed by atoms with van der Waals surface area (Å²) in [7, 11) is 0. The maximum Gasteiger partial charge on any atom is 0.328 e. The molecule has 1 aliphatic rings. The number of nitrogens with zero attached hydrogens (tertiary/aromatic N) is 4. The standard InChI is InChI=1S/C14H17N5O2/c1-10-2-4-11(5-3-10)21-14-17-12(15)16-13(18-14)19-6-8-20-9-7-19/h2-5H,6-9H2,1H3,(H2,15,16,17,18). The number of morpholine rings is 1. The lowest BCUT2D eigenvalue weighted by Crippen LogP contribution is -2.37. The lowest BCUT2D eigenvalue weighted by molar-refractivity contribution is 0.122. The predicted octanol–water partition coefficient (Wildman–Crippen LogP) is 1.39. The van der Waals surface area contributed by atoms with Crippen LogP contribution in [-0.4, -0.2) is 41.3 Å². The second-order valence-electron chi connectivity index (χ2n) is 4.79. The number of benzene rings is 1. The summed E-state index contributed by atoms with van der Waals surface area (Å²) in [5.74, 6) is 1.33. The van der Waals surface area contributed by atoms with Crippen LogP contribution < -0.4 is 15.4 Å². The minimum absolute atomic E-state index is 0.147. The maximum absolute atomic E-state index is 5.74. The number of aryl methyl sites for hydroxylation is 1. The fourth-order valence-electron chi connectivity index (χ4n) is 2.02. The molecule has 1 saturated heterocycles. The third-order valence-electron chi connectivity index (χ3n) is 3.14. The van der Waals surface area contributed by atoms with Crippen molar-refractivity contribution in [3.8, 4) is 11.8 Å². The van der Waals surface area contributed by atoms with E-state index in [-0.39, 0.29) is 12.0 Å². The van der Waals surface area contributed by atoms with Gasteiger partial charge in [0.15, 0.2) is 0 Å². The Hall–Kier alpha value is -2.41. The minimum Gasteiger partial charge on any atom is -0.424 e. The Labute approximate surface area is 122 Å². The van der Waals surface area contributed by atoms with Gasteiger partial charge in [-0.25, -0.2) is 0 Å². The molecular formula is C14H17N5O2. The Kier molecular flexibility index (Phi) is 3.83. The van der Waals surface area contributed by atoms with Crippen LogP contribution in [0.2, 0.25) is 0 Å². The summed E-state index contributed by atoms with van der Waals surface area (Å²) in [5, 5.41) is 0. The van der Waals surface area contributed by atoms with Gasteiger partial charge in [-0.1, -0.05) is 17.7 Å². The monoisotopic (exact) mass is 287 g/mol. The van der Waals surface area contributed by atoms with Crippen LogP contribution in [-0.2, 0) is 4.74 Å². The van der Waals surface area contributed by atoms with Gasteiger partial charge < -0.3 is 20.1 Å². The molecule has 1 fully saturated rings. The molecule has 2 heterocycles. The Morgan fingerprint density at radius 1 is 1.10 bits per heavy atom. The number of ether oxygens (including phenoxy) is 2. The van der Waals surface area contributed by atoms with Crippen LogP contribution in [0.15, 0.2) is 24.3 Å². The number of hydrogen-bond acceptors (Lipinski definition) is 7. The molecule has 0 saturated carbocycles. The third-order valence-corrected chi connectivity index (χ3v) is 3.14. The normalized spacial score (nSPS) is 15.0. The quantitative estimate of drug-likeness (QED) is 0.912. The molecule has 1 aliphatic heterocycles. The van der Waals surface area contributed by atoms with Crippen molar-refractivity contribution in [2.75, 3.05) is 36.9 Å². The van der Waals surface area contributed by atoms with Crippen LogP contribution in [0.1, 0.15) is 5.56 Å². The summed E-state index contributed by atoms with van der Waals surface area (Å²) in [6.07, 6.45) is 0. The van der Waals surface area contributed by atoms with Gasteiger partial charge in [0, 0.05) is 13.1 Å². The molecule has 0 unspecified atom stereocenters. The van der Waals surface area contributed by atoms with Gasteiger partial charge in [-0.15, -0.1) is 0 Å². The molecule has 0 amide bonds. The van der Waals surface area contributed by atoms with Gasteiger partial charge in [-0.2, -0.15) is 15.0 Å². The third kappa shape index (κ3) is 3.38. The zero-order valence-electron chi connectivity index (χ0n) is 11.8. The highest BCUT2D eigenvalue weighted by Gasteiger charge is 2.16. The predicted molar refractivity (Wildman–Crippen MR) is 78.5 cm³/mol. The minimum atomic E-state index is 0.147. The van der Waals surface area contributed by atoms with Crippen molar-refractivity contribution in [2.24, 2.45) is 0 Å². The summed E-state index contributed by atoms with van der Waals surface area (Å²) < 4.78 is 11.0. The lowest BCUT2D eigenvalue weighted by Gasteiger charge is -2.26. The summed E-state index contributed by atoms with van der Waals surface area (Å²) in [5.41, 5.74) is 6.90. The van der Waals surface area contributed by atoms with Crippen molar-refractivity contribution in [1.82, 2.24) is 15.0 Å². The molecule has 2 aromatic rings. The van der Waals surface area contributed by atoms with E-state index in [4.69, 9.17) is 15.2 Å². The Morgan fingerprint density at radius 3 is 2.52 bits per heavy atom. The van der Waals surface area contributed by atoms with E-state index >= 15 is 0 Å². The first kappa shape index (κ1) is 13.6. The van der Waals surface area contributed by atoms with Gasteiger partial charge in [-0.05, 0) is 19.1 Å². The van der Waals surface area contributed by atoms with Crippen LogP contribution in [0.5, 0.6) is 11.8 Å². The molecule has 7 heteroatoms. The SMILES string of the molecule is Cc1ccc(Oc2nc(N)nc(N3CCOCC3)n2)cc1. The molecule has 0 spiro atoms. The molecule has 0 bridgehead atoms. The van der Waals surface area contributed by atoms with Crippen molar-refractivity contribution < 1.29 is 9.47 Å². The number of hydrogen-bond donors (Lipinski definition) is 1. The molecule has 3 rings (SSSR count). The van der Waals surface area contributed by atoms with Crippen molar-refractivity contribution in [3.05, 3.63) is 29.8 Å². The van der Waals surface area contributed by atoms with Gasteiger partial charge >= 0.3 is 6.01 Å². The lowest BCUT2D eigenvalue weighted by atomic mass is 10.2. The smallest absolute Gasteiger partial charge is 0.328 e. The first-order valence-electron chi connectivity index (χ1n) is 6.79. The number of nitrogens with two attached hydrogens (primary N) is 1. The molecule has 2 N–H and O–H groups in total. The van der Waals surface area contributed by atoms with Crippen molar-refractivity contribution in [1.29, 1.82) is 0 Å².